The predicted octanol–water partition coefficient (Wildman–Crippen LogP) is 0.956. The summed E-state index contributed by atoms with van der Waals surface area (Å²) < 4.78 is 0. The van der Waals surface area contributed by atoms with Gasteiger partial charge in [0.05, 0.1) is 25.5 Å². The lowest BCUT2D eigenvalue weighted by Gasteiger charge is -2.67. The zero-order valence-electron chi connectivity index (χ0n) is 16.4. The molecule has 8 heteroatoms. The highest BCUT2D eigenvalue weighted by molar-refractivity contribution is 7.80. The summed E-state index contributed by atoms with van der Waals surface area (Å²) in [5.74, 6) is 0.801. The molecule has 0 amide bonds. The molecular formula is C19H27N7S. The number of aliphatic imine (C=N–C) groups is 1. The largest absolute Gasteiger partial charge is 0.308 e. The van der Waals surface area contributed by atoms with Gasteiger partial charge in [0.2, 0.25) is 0 Å². The van der Waals surface area contributed by atoms with Gasteiger partial charge in [0.25, 0.3) is 0 Å². The number of likely N-dealkylation sites (tertiary alicyclic amines) is 2. The van der Waals surface area contributed by atoms with E-state index in [0.717, 1.165) is 38.3 Å². The molecule has 0 aliphatic carbocycles. The van der Waals surface area contributed by atoms with Crippen LogP contribution in [0.15, 0.2) is 4.99 Å². The van der Waals surface area contributed by atoms with Gasteiger partial charge in [0.15, 0.2) is 0 Å². The highest BCUT2D eigenvalue weighted by Crippen LogP contribution is 2.65. The molecule has 144 valence electrons. The van der Waals surface area contributed by atoms with Gasteiger partial charge in [0, 0.05) is 18.5 Å². The summed E-state index contributed by atoms with van der Waals surface area (Å²) in [5, 5.41) is 21.1. The number of amidine groups is 1. The number of hydrogen-bond acceptors (Lipinski definition) is 7. The second-order valence-corrected chi connectivity index (χ2v) is 8.96. The van der Waals surface area contributed by atoms with Crippen molar-refractivity contribution in [2.45, 2.75) is 19.8 Å². The minimum atomic E-state index is -0.831. The maximum atomic E-state index is 10.6. The molecule has 2 unspecified atom stereocenters. The molecule has 0 N–H and O–H groups in total. The van der Waals surface area contributed by atoms with Gasteiger partial charge in [-0.1, -0.05) is 19.1 Å². The third-order valence-electron chi connectivity index (χ3n) is 7.28. The first-order valence-corrected chi connectivity index (χ1v) is 10.1. The van der Waals surface area contributed by atoms with E-state index in [9.17, 15) is 10.5 Å². The third kappa shape index (κ3) is 2.16. The molecule has 3 saturated heterocycles. The number of nitrogens with zero attached hydrogens (tertiary/aromatic N) is 7. The Hall–Kier alpha value is -1.58. The summed E-state index contributed by atoms with van der Waals surface area (Å²) in [7, 11) is 3.99. The second kappa shape index (κ2) is 6.22. The summed E-state index contributed by atoms with van der Waals surface area (Å²) in [6, 6.07) is 5.37. The summed E-state index contributed by atoms with van der Waals surface area (Å²) in [6.45, 7) is 7.35. The Morgan fingerprint density at radius 3 is 2.30 bits per heavy atom. The van der Waals surface area contributed by atoms with Crippen molar-refractivity contribution in [2.75, 3.05) is 60.2 Å². The van der Waals surface area contributed by atoms with Crippen LogP contribution in [0.4, 0.5) is 0 Å². The maximum absolute atomic E-state index is 10.6. The van der Waals surface area contributed by atoms with Crippen molar-refractivity contribution in [3.63, 3.8) is 0 Å². The van der Waals surface area contributed by atoms with Gasteiger partial charge in [-0.15, -0.1) is 0 Å². The van der Waals surface area contributed by atoms with E-state index in [1.165, 1.54) is 0 Å². The molecule has 4 aliphatic heterocycles. The molecule has 3 fully saturated rings. The first kappa shape index (κ1) is 18.8. The van der Waals surface area contributed by atoms with Crippen molar-refractivity contribution in [1.29, 1.82) is 10.5 Å². The maximum Gasteiger partial charge on any atom is 0.135 e. The molecule has 4 rings (SSSR count). The quantitative estimate of drug-likeness (QED) is 0.623. The molecule has 7 nitrogen and oxygen atoms in total. The Morgan fingerprint density at radius 2 is 1.70 bits per heavy atom. The highest BCUT2D eigenvalue weighted by Gasteiger charge is 2.75. The minimum Gasteiger partial charge on any atom is -0.308 e. The van der Waals surface area contributed by atoms with Crippen LogP contribution in [-0.4, -0.2) is 90.6 Å². The van der Waals surface area contributed by atoms with Gasteiger partial charge >= 0.3 is 0 Å². The average molecular weight is 386 g/mol. The molecule has 0 radical (unpaired) electrons. The minimum absolute atomic E-state index is 0.468. The lowest BCUT2D eigenvalue weighted by Crippen LogP contribution is -2.79. The Morgan fingerprint density at radius 1 is 1.07 bits per heavy atom. The molecule has 1 spiro atoms. The highest BCUT2D eigenvalue weighted by atomic mass is 32.1. The average Bonchev–Trinajstić information content (AvgIpc) is 2.68. The SMILES string of the molecule is CCN1CCC2(CC1)C1(C#N)CN(C)CC2(C#N)C2=NCN(C)CN2C1=S. The fourth-order valence-electron chi connectivity index (χ4n) is 5.96. The van der Waals surface area contributed by atoms with E-state index in [1.807, 2.05) is 19.0 Å². The fraction of sp³-hybridized carbons (Fsp3) is 0.789. The molecule has 4 aliphatic rings. The van der Waals surface area contributed by atoms with Crippen LogP contribution in [0.5, 0.6) is 0 Å². The Balaban J connectivity index is 1.96. The Kier molecular flexibility index (Phi) is 4.32. The van der Waals surface area contributed by atoms with Crippen LogP contribution in [0.2, 0.25) is 0 Å². The van der Waals surface area contributed by atoms with Crippen LogP contribution in [-0.2, 0) is 0 Å². The second-order valence-electron chi connectivity index (χ2n) is 8.58. The van der Waals surface area contributed by atoms with Crippen LogP contribution < -0.4 is 0 Å². The fourth-order valence-corrected chi connectivity index (χ4v) is 6.41. The zero-order chi connectivity index (χ0) is 19.4. The van der Waals surface area contributed by atoms with E-state index < -0.39 is 16.2 Å². The van der Waals surface area contributed by atoms with E-state index >= 15 is 0 Å². The zero-order valence-corrected chi connectivity index (χ0v) is 17.2. The first-order valence-electron chi connectivity index (χ1n) is 9.68. The van der Waals surface area contributed by atoms with Crippen molar-refractivity contribution in [3.8, 4) is 12.1 Å². The molecule has 0 saturated carbocycles. The Labute approximate surface area is 166 Å². The lowest BCUT2D eigenvalue weighted by atomic mass is 9.43. The standard InChI is InChI=1S/C19H27N7S/c1-4-25-7-5-19(6-8-25)17(9-20)11-23(2)12-18(19,10-21)16(27)26-14-24(3)13-22-15(17)26/h4-8,11-14H2,1-3H3. The van der Waals surface area contributed by atoms with Gasteiger partial charge in [0.1, 0.15) is 21.7 Å². The Bertz CT molecular complexity index is 772. The van der Waals surface area contributed by atoms with E-state index in [-0.39, 0.29) is 0 Å². The van der Waals surface area contributed by atoms with Crippen molar-refractivity contribution in [2.24, 2.45) is 21.2 Å². The van der Waals surface area contributed by atoms with E-state index in [4.69, 9.17) is 17.2 Å². The number of nitriles is 2. The number of fused-ring (bicyclic) bond motifs is 2. The van der Waals surface area contributed by atoms with E-state index in [1.54, 1.807) is 0 Å². The van der Waals surface area contributed by atoms with Crippen LogP contribution in [0.25, 0.3) is 0 Å². The van der Waals surface area contributed by atoms with E-state index in [0.29, 0.717) is 31.4 Å². The number of piperidine rings is 3. The number of thiocarbonyl (C=S) groups is 1. The van der Waals surface area contributed by atoms with Gasteiger partial charge in [-0.05, 0) is 46.6 Å². The first-order chi connectivity index (χ1) is 12.9. The molecule has 0 aromatic heterocycles. The lowest BCUT2D eigenvalue weighted by molar-refractivity contribution is -0.0897. The smallest absolute Gasteiger partial charge is 0.135 e. The summed E-state index contributed by atoms with van der Waals surface area (Å²) in [6.07, 6.45) is 1.64. The summed E-state index contributed by atoms with van der Waals surface area (Å²) in [5.41, 5.74) is -2.09. The van der Waals surface area contributed by atoms with Crippen LogP contribution in [0, 0.1) is 38.9 Å². The van der Waals surface area contributed by atoms with Crippen LogP contribution in [0.3, 0.4) is 0 Å². The number of hydrogen-bond donors (Lipinski definition) is 0. The van der Waals surface area contributed by atoms with Gasteiger partial charge in [-0.2, -0.15) is 10.5 Å². The molecule has 0 aromatic carbocycles. The summed E-state index contributed by atoms with van der Waals surface area (Å²) in [4.78, 5) is 14.1. The molecule has 0 aromatic rings. The molecule has 27 heavy (non-hydrogen) atoms. The van der Waals surface area contributed by atoms with Crippen LogP contribution >= 0.6 is 12.2 Å². The van der Waals surface area contributed by atoms with Gasteiger partial charge < -0.3 is 14.7 Å². The molecule has 2 atom stereocenters. The van der Waals surface area contributed by atoms with Gasteiger partial charge in [-0.3, -0.25) is 9.89 Å². The topological polar surface area (TPSA) is 72.9 Å². The van der Waals surface area contributed by atoms with Crippen molar-refractivity contribution < 1.29 is 0 Å². The van der Waals surface area contributed by atoms with Gasteiger partial charge in [-0.25, -0.2) is 0 Å². The third-order valence-corrected chi connectivity index (χ3v) is 7.85. The molecular weight excluding hydrogens is 358 g/mol. The van der Waals surface area contributed by atoms with Crippen LogP contribution in [0.1, 0.15) is 19.8 Å². The normalized spacial score (nSPS) is 36.7. The van der Waals surface area contributed by atoms with Crippen molar-refractivity contribution in [1.82, 2.24) is 19.6 Å². The van der Waals surface area contributed by atoms with Crippen molar-refractivity contribution in [3.05, 3.63) is 0 Å². The number of rotatable bonds is 1. The molecule has 4 heterocycles. The monoisotopic (exact) mass is 385 g/mol. The summed E-state index contributed by atoms with van der Waals surface area (Å²) >= 11 is 5.98. The van der Waals surface area contributed by atoms with E-state index in [2.05, 4.69) is 33.8 Å². The van der Waals surface area contributed by atoms with Crippen molar-refractivity contribution >= 4 is 23.0 Å². The molecule has 2 bridgehead atoms. The predicted molar refractivity (Wildman–Crippen MR) is 107 cm³/mol.